The Morgan fingerprint density at radius 1 is 1.30 bits per heavy atom. The molecule has 0 aromatic carbocycles. The third-order valence-corrected chi connectivity index (χ3v) is 9.41. The largest absolute Gasteiger partial charge is 0.477 e. The van der Waals surface area contributed by atoms with Crippen molar-refractivity contribution in [2.45, 2.75) is 48.4 Å². The minimum absolute atomic E-state index is 0.0337. The molecular weight excluding hydrogens is 586 g/mol. The zero-order chi connectivity index (χ0) is 28.6. The number of aromatic nitrogens is 5. The van der Waals surface area contributed by atoms with Crippen molar-refractivity contribution in [1.29, 1.82) is 0 Å². The zero-order valence-electron chi connectivity index (χ0n) is 20.9. The first kappa shape index (κ1) is 27.8. The van der Waals surface area contributed by atoms with Crippen LogP contribution in [0.3, 0.4) is 0 Å². The summed E-state index contributed by atoms with van der Waals surface area (Å²) in [5.41, 5.74) is 4.00. The summed E-state index contributed by atoms with van der Waals surface area (Å²) < 4.78 is 5.10. The van der Waals surface area contributed by atoms with Gasteiger partial charge in [-0.1, -0.05) is 16.9 Å². The summed E-state index contributed by atoms with van der Waals surface area (Å²) in [6.07, 6.45) is 3.46. The first-order valence-corrected chi connectivity index (χ1v) is 14.8. The number of oxime groups is 1. The summed E-state index contributed by atoms with van der Waals surface area (Å²) in [6.45, 7) is 0. The molecule has 0 radical (unpaired) electrons. The molecule has 2 aliphatic heterocycles. The second-order valence-electron chi connectivity index (χ2n) is 9.01. The van der Waals surface area contributed by atoms with Crippen LogP contribution < -0.4 is 22.2 Å². The van der Waals surface area contributed by atoms with Gasteiger partial charge in [0.05, 0.1) is 0 Å². The predicted octanol–water partition coefficient (Wildman–Crippen LogP) is -0.903. The van der Waals surface area contributed by atoms with E-state index in [1.165, 1.54) is 18.8 Å². The molecule has 5 rings (SSSR count). The molecule has 5 N–H and O–H groups in total. The highest BCUT2D eigenvalue weighted by Gasteiger charge is 2.54. The van der Waals surface area contributed by atoms with E-state index in [-0.39, 0.29) is 45.1 Å². The number of nitrogens with one attached hydrogen (secondary N) is 2. The lowest BCUT2D eigenvalue weighted by atomic mass is 10.0. The van der Waals surface area contributed by atoms with E-state index in [1.54, 1.807) is 0 Å². The Morgan fingerprint density at radius 2 is 2.05 bits per heavy atom. The number of carboxylic acids is 1. The molecule has 2 amide bonds. The summed E-state index contributed by atoms with van der Waals surface area (Å²) in [4.78, 5) is 72.5. The first-order valence-electron chi connectivity index (χ1n) is 12.0. The van der Waals surface area contributed by atoms with Crippen molar-refractivity contribution in [2.24, 2.45) is 12.2 Å². The Balaban J connectivity index is 1.31. The standard InChI is InChI=1S/C21H23N9O7S3/c1-29-17(34)15(32)25-26-21(29)39-7-8-6-38-18-11(16(33)30(18)12(8)19(35)36)23-14(31)10(13-24-20(22)40-28-13)27-37-9-4-2-3-5-9/h9,11,18H,2-7H2,1H3,(H,23,31)(H,25,32)(H,35,36)(H2,22,24,28)/t11?,18-/m1/s1. The van der Waals surface area contributed by atoms with Crippen LogP contribution in [0.25, 0.3) is 0 Å². The summed E-state index contributed by atoms with van der Waals surface area (Å²) in [5.74, 6) is -2.36. The SMILES string of the molecule is Cn1c(SCC2=C(C(=O)O)N3C(=O)C(NC(=O)C(=NOC4CCCC4)c4nsc(N)n4)[C@H]3SC2)n[nH]c(=O)c1=O. The van der Waals surface area contributed by atoms with E-state index in [2.05, 4.69) is 30.0 Å². The van der Waals surface area contributed by atoms with E-state index in [9.17, 15) is 29.1 Å². The van der Waals surface area contributed by atoms with Gasteiger partial charge in [-0.25, -0.2) is 9.89 Å². The Hall–Kier alpha value is -3.71. The molecule has 19 heteroatoms. The average molecular weight is 610 g/mol. The molecule has 2 fully saturated rings. The van der Waals surface area contributed by atoms with Gasteiger partial charge in [-0.3, -0.25) is 28.6 Å². The molecule has 2 aromatic rings. The second-order valence-corrected chi connectivity index (χ2v) is 11.8. The summed E-state index contributed by atoms with van der Waals surface area (Å²) in [7, 11) is 1.38. The quantitative estimate of drug-likeness (QED) is 0.0889. The summed E-state index contributed by atoms with van der Waals surface area (Å²) >= 11 is 3.20. The van der Waals surface area contributed by atoms with Gasteiger partial charge in [0.1, 0.15) is 23.2 Å². The number of aliphatic carboxylic acids is 1. The lowest BCUT2D eigenvalue weighted by Gasteiger charge is -2.49. The van der Waals surface area contributed by atoms with Crippen molar-refractivity contribution in [3.63, 3.8) is 0 Å². The maximum atomic E-state index is 13.2. The van der Waals surface area contributed by atoms with Crippen LogP contribution in [-0.2, 0) is 26.3 Å². The molecule has 2 aromatic heterocycles. The number of amides is 2. The van der Waals surface area contributed by atoms with Gasteiger partial charge in [-0.2, -0.15) is 9.36 Å². The van der Waals surface area contributed by atoms with Gasteiger partial charge in [0, 0.05) is 30.1 Å². The second kappa shape index (κ2) is 11.4. The highest BCUT2D eigenvalue weighted by Crippen LogP contribution is 2.41. The third kappa shape index (κ3) is 5.35. The van der Waals surface area contributed by atoms with Crippen LogP contribution >= 0.6 is 35.1 Å². The summed E-state index contributed by atoms with van der Waals surface area (Å²) in [5, 5.41) is 22.1. The predicted molar refractivity (Wildman–Crippen MR) is 145 cm³/mol. The number of rotatable bonds is 9. The van der Waals surface area contributed by atoms with Gasteiger partial charge in [-0.15, -0.1) is 16.9 Å². The average Bonchev–Trinajstić information content (AvgIpc) is 3.61. The maximum absolute atomic E-state index is 13.2. The molecule has 3 aliphatic rings. The number of nitrogens with two attached hydrogens (primary N) is 1. The Bertz CT molecular complexity index is 1540. The molecule has 1 unspecified atom stereocenters. The third-order valence-electron chi connectivity index (χ3n) is 6.41. The molecule has 4 heterocycles. The normalized spacial score (nSPS) is 21.3. The topological polar surface area (TPSA) is 228 Å². The van der Waals surface area contributed by atoms with E-state index in [0.29, 0.717) is 5.57 Å². The number of nitrogens with zero attached hydrogens (tertiary/aromatic N) is 6. The maximum Gasteiger partial charge on any atom is 0.352 e. The molecule has 1 saturated heterocycles. The van der Waals surface area contributed by atoms with Crippen LogP contribution in [0.15, 0.2) is 31.2 Å². The van der Waals surface area contributed by atoms with Gasteiger partial charge in [0.15, 0.2) is 10.3 Å². The van der Waals surface area contributed by atoms with Gasteiger partial charge < -0.3 is 21.0 Å². The Morgan fingerprint density at radius 3 is 2.73 bits per heavy atom. The molecule has 16 nitrogen and oxygen atoms in total. The highest BCUT2D eigenvalue weighted by molar-refractivity contribution is 8.01. The number of carboxylic acid groups (broad SMARTS) is 1. The summed E-state index contributed by atoms with van der Waals surface area (Å²) in [6, 6.07) is -1.02. The number of thioether (sulfide) groups is 2. The number of anilines is 1. The highest BCUT2D eigenvalue weighted by atomic mass is 32.2. The molecular formula is C21H23N9O7S3. The number of nitrogen functional groups attached to an aromatic ring is 1. The monoisotopic (exact) mass is 609 g/mol. The Labute approximate surface area is 237 Å². The molecule has 1 saturated carbocycles. The van der Waals surface area contributed by atoms with Crippen LogP contribution in [0, 0.1) is 0 Å². The van der Waals surface area contributed by atoms with E-state index >= 15 is 0 Å². The number of hydrogen-bond donors (Lipinski definition) is 4. The molecule has 1 aliphatic carbocycles. The minimum atomic E-state index is -1.31. The molecule has 212 valence electrons. The smallest absolute Gasteiger partial charge is 0.352 e. The Kier molecular flexibility index (Phi) is 7.95. The van der Waals surface area contributed by atoms with Gasteiger partial charge in [0.2, 0.25) is 11.5 Å². The lowest BCUT2D eigenvalue weighted by molar-refractivity contribution is -0.150. The van der Waals surface area contributed by atoms with Crippen molar-refractivity contribution in [3.8, 4) is 0 Å². The van der Waals surface area contributed by atoms with E-state index < -0.39 is 40.3 Å². The minimum Gasteiger partial charge on any atom is -0.477 e. The fourth-order valence-corrected chi connectivity index (χ4v) is 7.22. The van der Waals surface area contributed by atoms with Crippen molar-refractivity contribution in [3.05, 3.63) is 37.8 Å². The van der Waals surface area contributed by atoms with Crippen LogP contribution in [0.4, 0.5) is 5.13 Å². The molecule has 40 heavy (non-hydrogen) atoms. The molecule has 0 bridgehead atoms. The van der Waals surface area contributed by atoms with E-state index in [0.717, 1.165) is 58.4 Å². The van der Waals surface area contributed by atoms with Crippen molar-refractivity contribution in [2.75, 3.05) is 17.2 Å². The van der Waals surface area contributed by atoms with Gasteiger partial charge >= 0.3 is 17.1 Å². The fourth-order valence-electron chi connectivity index (χ4n) is 4.38. The van der Waals surface area contributed by atoms with Crippen LogP contribution in [0.5, 0.6) is 0 Å². The number of aromatic amines is 1. The van der Waals surface area contributed by atoms with Crippen LogP contribution in [0.2, 0.25) is 0 Å². The number of H-pyrrole nitrogens is 1. The van der Waals surface area contributed by atoms with Crippen molar-refractivity contribution >= 4 is 63.7 Å². The van der Waals surface area contributed by atoms with E-state index in [4.69, 9.17) is 10.6 Å². The van der Waals surface area contributed by atoms with Crippen LogP contribution in [0.1, 0.15) is 31.5 Å². The zero-order valence-corrected chi connectivity index (χ0v) is 23.3. The number of hydrogen-bond acceptors (Lipinski definition) is 14. The van der Waals surface area contributed by atoms with Crippen molar-refractivity contribution in [1.82, 2.24) is 34.3 Å². The van der Waals surface area contributed by atoms with E-state index in [1.807, 2.05) is 0 Å². The number of fused-ring (bicyclic) bond motifs is 1. The fraction of sp³-hybridized carbons (Fsp3) is 0.476. The first-order chi connectivity index (χ1) is 19.2. The number of carbonyl (C=O) groups excluding carboxylic acids is 2. The van der Waals surface area contributed by atoms with Crippen molar-refractivity contribution < 1.29 is 24.3 Å². The molecule has 0 spiro atoms. The van der Waals surface area contributed by atoms with Gasteiger partial charge in [-0.05, 0) is 31.3 Å². The van der Waals surface area contributed by atoms with Gasteiger partial charge in [0.25, 0.3) is 11.8 Å². The number of β-lactam (4-membered cyclic amide) rings is 1. The lowest BCUT2D eigenvalue weighted by Crippen LogP contribution is -2.71. The van der Waals surface area contributed by atoms with Crippen LogP contribution in [-0.4, -0.2) is 86.6 Å². The number of carbonyl (C=O) groups is 3. The molecule has 2 atom stereocenters.